The van der Waals surface area contributed by atoms with Gasteiger partial charge in [0.05, 0.1) is 0 Å². The van der Waals surface area contributed by atoms with Gasteiger partial charge in [-0.25, -0.2) is 0 Å². The second-order valence-electron chi connectivity index (χ2n) is 4.49. The number of carbonyl (C=O) groups is 1. The average molecular weight is 206 g/mol. The summed E-state index contributed by atoms with van der Waals surface area (Å²) in [5, 5.41) is 4.15. The topological polar surface area (TPSA) is 34.9 Å². The SMILES string of the molecule is Cn1nccc1CCC1CCCC(=O)C1. The van der Waals surface area contributed by atoms with E-state index in [1.54, 1.807) is 0 Å². The van der Waals surface area contributed by atoms with Gasteiger partial charge in [-0.2, -0.15) is 5.10 Å². The third kappa shape index (κ3) is 2.67. The van der Waals surface area contributed by atoms with Crippen LogP contribution in [0.5, 0.6) is 0 Å². The van der Waals surface area contributed by atoms with E-state index in [-0.39, 0.29) is 0 Å². The van der Waals surface area contributed by atoms with E-state index < -0.39 is 0 Å². The summed E-state index contributed by atoms with van der Waals surface area (Å²) in [6.45, 7) is 0. The van der Waals surface area contributed by atoms with Gasteiger partial charge < -0.3 is 0 Å². The molecule has 0 saturated heterocycles. The maximum absolute atomic E-state index is 11.3. The van der Waals surface area contributed by atoms with E-state index in [0.717, 1.165) is 32.1 Å². The molecule has 0 spiro atoms. The zero-order valence-corrected chi connectivity index (χ0v) is 9.28. The van der Waals surface area contributed by atoms with E-state index in [0.29, 0.717) is 11.7 Å². The molecule has 3 heteroatoms. The largest absolute Gasteiger partial charge is 0.300 e. The lowest BCUT2D eigenvalue weighted by Crippen LogP contribution is -2.15. The Labute approximate surface area is 90.5 Å². The normalized spacial score (nSPS) is 21.9. The maximum atomic E-state index is 11.3. The van der Waals surface area contributed by atoms with Gasteiger partial charge in [-0.3, -0.25) is 9.48 Å². The van der Waals surface area contributed by atoms with Gasteiger partial charge in [0.1, 0.15) is 5.78 Å². The van der Waals surface area contributed by atoms with Crippen LogP contribution >= 0.6 is 0 Å². The predicted molar refractivity (Wildman–Crippen MR) is 58.5 cm³/mol. The van der Waals surface area contributed by atoms with Gasteiger partial charge in [-0.05, 0) is 37.7 Å². The third-order valence-corrected chi connectivity index (χ3v) is 3.32. The highest BCUT2D eigenvalue weighted by Crippen LogP contribution is 2.25. The quantitative estimate of drug-likeness (QED) is 0.759. The fourth-order valence-corrected chi connectivity index (χ4v) is 2.36. The molecular weight excluding hydrogens is 188 g/mol. The number of aromatic nitrogens is 2. The first-order chi connectivity index (χ1) is 7.25. The van der Waals surface area contributed by atoms with E-state index in [1.165, 1.54) is 12.1 Å². The van der Waals surface area contributed by atoms with Crippen molar-refractivity contribution < 1.29 is 4.79 Å². The van der Waals surface area contributed by atoms with Crippen LogP contribution in [-0.2, 0) is 18.3 Å². The molecule has 1 unspecified atom stereocenters. The molecule has 1 fully saturated rings. The van der Waals surface area contributed by atoms with Crippen LogP contribution in [0.2, 0.25) is 0 Å². The Balaban J connectivity index is 1.83. The van der Waals surface area contributed by atoms with Gasteiger partial charge in [0.15, 0.2) is 0 Å². The highest BCUT2D eigenvalue weighted by molar-refractivity contribution is 5.79. The van der Waals surface area contributed by atoms with Crippen LogP contribution in [0, 0.1) is 5.92 Å². The highest BCUT2D eigenvalue weighted by Gasteiger charge is 2.19. The summed E-state index contributed by atoms with van der Waals surface area (Å²) in [6, 6.07) is 2.06. The number of aryl methyl sites for hydroxylation is 2. The molecule has 15 heavy (non-hydrogen) atoms. The van der Waals surface area contributed by atoms with Crippen LogP contribution in [0.4, 0.5) is 0 Å². The lowest BCUT2D eigenvalue weighted by Gasteiger charge is -2.20. The predicted octanol–water partition coefficient (Wildman–Crippen LogP) is 2.11. The summed E-state index contributed by atoms with van der Waals surface area (Å²) in [5.41, 5.74) is 1.27. The first-order valence-corrected chi connectivity index (χ1v) is 5.74. The second-order valence-corrected chi connectivity index (χ2v) is 4.49. The standard InChI is InChI=1S/C12H18N2O/c1-14-11(7-8-13-14)6-5-10-3-2-4-12(15)9-10/h7-8,10H,2-6,9H2,1H3. The van der Waals surface area contributed by atoms with Gasteiger partial charge >= 0.3 is 0 Å². The van der Waals surface area contributed by atoms with Crippen LogP contribution in [0.1, 0.15) is 37.8 Å². The molecule has 0 aliphatic heterocycles. The molecule has 1 aliphatic rings. The third-order valence-electron chi connectivity index (χ3n) is 3.32. The molecular formula is C12H18N2O. The fraction of sp³-hybridized carbons (Fsp3) is 0.667. The van der Waals surface area contributed by atoms with E-state index in [4.69, 9.17) is 0 Å². The molecule has 1 heterocycles. The highest BCUT2D eigenvalue weighted by atomic mass is 16.1. The van der Waals surface area contributed by atoms with Crippen LogP contribution in [-0.4, -0.2) is 15.6 Å². The minimum atomic E-state index is 0.455. The second kappa shape index (κ2) is 4.60. The molecule has 0 N–H and O–H groups in total. The van der Waals surface area contributed by atoms with Crippen LogP contribution in [0.3, 0.4) is 0 Å². The van der Waals surface area contributed by atoms with Crippen molar-refractivity contribution in [2.24, 2.45) is 13.0 Å². The molecule has 1 atom stereocenters. The first-order valence-electron chi connectivity index (χ1n) is 5.74. The number of Topliss-reactive ketones (excluding diaryl/α,β-unsaturated/α-hetero) is 1. The van der Waals surface area contributed by atoms with Gasteiger partial charge in [0.2, 0.25) is 0 Å². The van der Waals surface area contributed by atoms with Crippen molar-refractivity contribution in [1.29, 1.82) is 0 Å². The molecule has 1 saturated carbocycles. The zero-order valence-electron chi connectivity index (χ0n) is 9.28. The van der Waals surface area contributed by atoms with E-state index >= 15 is 0 Å². The Kier molecular flexibility index (Phi) is 3.19. The van der Waals surface area contributed by atoms with Crippen molar-refractivity contribution in [3.63, 3.8) is 0 Å². The summed E-state index contributed by atoms with van der Waals surface area (Å²) < 4.78 is 1.92. The van der Waals surface area contributed by atoms with Crippen molar-refractivity contribution in [2.75, 3.05) is 0 Å². The summed E-state index contributed by atoms with van der Waals surface area (Å²) in [7, 11) is 1.97. The molecule has 1 aromatic rings. The lowest BCUT2D eigenvalue weighted by atomic mass is 9.85. The van der Waals surface area contributed by atoms with Crippen molar-refractivity contribution in [3.8, 4) is 0 Å². The Morgan fingerprint density at radius 1 is 1.60 bits per heavy atom. The molecule has 3 nitrogen and oxygen atoms in total. The van der Waals surface area contributed by atoms with Crippen molar-refractivity contribution in [3.05, 3.63) is 18.0 Å². The van der Waals surface area contributed by atoms with Crippen LogP contribution in [0.15, 0.2) is 12.3 Å². The Morgan fingerprint density at radius 2 is 2.47 bits per heavy atom. The van der Waals surface area contributed by atoms with E-state index in [9.17, 15) is 4.79 Å². The lowest BCUT2D eigenvalue weighted by molar-refractivity contribution is -0.121. The smallest absolute Gasteiger partial charge is 0.133 e. The van der Waals surface area contributed by atoms with E-state index in [1.807, 2.05) is 17.9 Å². The number of ketones is 1. The molecule has 0 bridgehead atoms. The number of nitrogens with zero attached hydrogens (tertiary/aromatic N) is 2. The summed E-state index contributed by atoms with van der Waals surface area (Å²) in [5.74, 6) is 1.07. The van der Waals surface area contributed by atoms with E-state index in [2.05, 4.69) is 11.2 Å². The zero-order chi connectivity index (χ0) is 10.7. The minimum absolute atomic E-state index is 0.455. The van der Waals surface area contributed by atoms with Gasteiger partial charge in [-0.15, -0.1) is 0 Å². The molecule has 82 valence electrons. The molecule has 0 amide bonds. The number of carbonyl (C=O) groups excluding carboxylic acids is 1. The first kappa shape index (κ1) is 10.4. The van der Waals surface area contributed by atoms with Gasteiger partial charge in [-0.1, -0.05) is 0 Å². The Bertz CT molecular complexity index is 343. The summed E-state index contributed by atoms with van der Waals surface area (Å²) in [6.07, 6.45) is 7.94. The molecule has 1 aromatic heterocycles. The van der Waals surface area contributed by atoms with Gasteiger partial charge in [0, 0.05) is 31.8 Å². The molecule has 1 aliphatic carbocycles. The van der Waals surface area contributed by atoms with Crippen molar-refractivity contribution in [1.82, 2.24) is 9.78 Å². The van der Waals surface area contributed by atoms with Crippen LogP contribution < -0.4 is 0 Å². The average Bonchev–Trinajstić information content (AvgIpc) is 2.61. The maximum Gasteiger partial charge on any atom is 0.133 e. The van der Waals surface area contributed by atoms with Crippen molar-refractivity contribution >= 4 is 5.78 Å². The number of hydrogen-bond acceptors (Lipinski definition) is 2. The van der Waals surface area contributed by atoms with Gasteiger partial charge in [0.25, 0.3) is 0 Å². The summed E-state index contributed by atoms with van der Waals surface area (Å²) in [4.78, 5) is 11.3. The number of rotatable bonds is 3. The fourth-order valence-electron chi connectivity index (χ4n) is 2.36. The Hall–Kier alpha value is -1.12. The molecule has 0 radical (unpaired) electrons. The Morgan fingerprint density at radius 3 is 3.13 bits per heavy atom. The monoisotopic (exact) mass is 206 g/mol. The molecule has 2 rings (SSSR count). The van der Waals surface area contributed by atoms with Crippen molar-refractivity contribution in [2.45, 2.75) is 38.5 Å². The minimum Gasteiger partial charge on any atom is -0.300 e. The summed E-state index contributed by atoms with van der Waals surface area (Å²) >= 11 is 0. The van der Waals surface area contributed by atoms with Crippen LogP contribution in [0.25, 0.3) is 0 Å². The number of hydrogen-bond donors (Lipinski definition) is 0. The molecule has 0 aromatic carbocycles.